The van der Waals surface area contributed by atoms with E-state index < -0.39 is 0 Å². The van der Waals surface area contributed by atoms with Gasteiger partial charge in [0, 0.05) is 27.2 Å². The fourth-order valence-electron chi connectivity index (χ4n) is 1.59. The van der Waals surface area contributed by atoms with Crippen LogP contribution in [0.2, 0.25) is 0 Å². The summed E-state index contributed by atoms with van der Waals surface area (Å²) in [7, 11) is 3.56. The molecule has 1 aliphatic rings. The van der Waals surface area contributed by atoms with Crippen molar-refractivity contribution in [3.63, 3.8) is 0 Å². The summed E-state index contributed by atoms with van der Waals surface area (Å²) >= 11 is 5.25. The third-order valence-corrected chi connectivity index (χ3v) is 3.17. The highest BCUT2D eigenvalue weighted by Crippen LogP contribution is 2.13. The van der Waals surface area contributed by atoms with Crippen LogP contribution >= 0.6 is 12.2 Å². The first kappa shape index (κ1) is 13.0. The molecule has 0 amide bonds. The number of nitrogen functional groups attached to an aromatic ring is 1. The standard InChI is InChI=1S/C9H17N7OS/c1-11-14(2)9(18)16-7(10)12-8(13-16)15-3-5-17-6-4-15/h11H,3-6H2,1-2H3,(H2,10,12,13). The number of hydrazine groups is 1. The second-order valence-electron chi connectivity index (χ2n) is 3.85. The lowest BCUT2D eigenvalue weighted by atomic mass is 10.4. The molecule has 8 nitrogen and oxygen atoms in total. The third-order valence-electron chi connectivity index (χ3n) is 2.72. The van der Waals surface area contributed by atoms with Crippen LogP contribution in [0, 0.1) is 0 Å². The minimum absolute atomic E-state index is 0.281. The fraction of sp³-hybridized carbons (Fsp3) is 0.667. The van der Waals surface area contributed by atoms with Crippen molar-refractivity contribution in [2.24, 2.45) is 0 Å². The predicted octanol–water partition coefficient (Wildman–Crippen LogP) is -1.10. The van der Waals surface area contributed by atoms with Crippen molar-refractivity contribution in [3.05, 3.63) is 0 Å². The van der Waals surface area contributed by atoms with Crippen LogP contribution in [-0.4, -0.2) is 65.3 Å². The molecule has 1 aromatic heterocycles. The van der Waals surface area contributed by atoms with Crippen LogP contribution < -0.4 is 16.1 Å². The van der Waals surface area contributed by atoms with Gasteiger partial charge in [0.1, 0.15) is 0 Å². The van der Waals surface area contributed by atoms with Crippen LogP contribution in [-0.2, 0) is 4.74 Å². The molecule has 100 valence electrons. The zero-order valence-electron chi connectivity index (χ0n) is 10.5. The first-order valence-electron chi connectivity index (χ1n) is 5.64. The van der Waals surface area contributed by atoms with E-state index in [9.17, 15) is 0 Å². The van der Waals surface area contributed by atoms with E-state index in [1.54, 1.807) is 19.1 Å². The molecule has 2 rings (SSSR count). The SMILES string of the molecule is CNN(C)C(=S)n1nc(N2CCOCC2)nc1N. The molecule has 0 spiro atoms. The third kappa shape index (κ3) is 2.52. The van der Waals surface area contributed by atoms with E-state index >= 15 is 0 Å². The highest BCUT2D eigenvalue weighted by atomic mass is 32.1. The van der Waals surface area contributed by atoms with Gasteiger partial charge >= 0.3 is 0 Å². The van der Waals surface area contributed by atoms with E-state index in [4.69, 9.17) is 22.7 Å². The van der Waals surface area contributed by atoms with Crippen molar-refractivity contribution in [2.75, 3.05) is 51.0 Å². The Kier molecular flexibility index (Phi) is 3.94. The number of hydrogen-bond acceptors (Lipinski definition) is 7. The lowest BCUT2D eigenvalue weighted by Gasteiger charge is -2.25. The summed E-state index contributed by atoms with van der Waals surface area (Å²) in [6, 6.07) is 0. The van der Waals surface area contributed by atoms with Gasteiger partial charge in [-0.25, -0.2) is 5.43 Å². The van der Waals surface area contributed by atoms with Gasteiger partial charge in [-0.1, -0.05) is 0 Å². The summed E-state index contributed by atoms with van der Waals surface area (Å²) in [6.45, 7) is 2.88. The van der Waals surface area contributed by atoms with Gasteiger partial charge in [0.05, 0.1) is 13.2 Å². The molecule has 0 saturated carbocycles. The topological polar surface area (TPSA) is 84.5 Å². The number of morpholine rings is 1. The van der Waals surface area contributed by atoms with E-state index in [0.717, 1.165) is 13.1 Å². The molecule has 9 heteroatoms. The van der Waals surface area contributed by atoms with E-state index in [0.29, 0.717) is 24.3 Å². The Hall–Kier alpha value is -1.45. The lowest BCUT2D eigenvalue weighted by Crippen LogP contribution is -2.40. The van der Waals surface area contributed by atoms with Gasteiger partial charge in [0.15, 0.2) is 0 Å². The minimum Gasteiger partial charge on any atom is -0.378 e. The van der Waals surface area contributed by atoms with Crippen LogP contribution in [0.4, 0.5) is 11.9 Å². The van der Waals surface area contributed by atoms with Gasteiger partial charge in [0.25, 0.3) is 0 Å². The fourth-order valence-corrected chi connectivity index (χ4v) is 1.81. The highest BCUT2D eigenvalue weighted by Gasteiger charge is 2.19. The number of nitrogens with zero attached hydrogens (tertiary/aromatic N) is 5. The number of rotatable bonds is 2. The van der Waals surface area contributed by atoms with Gasteiger partial charge < -0.3 is 15.4 Å². The van der Waals surface area contributed by atoms with Crippen LogP contribution in [0.25, 0.3) is 0 Å². The maximum absolute atomic E-state index is 5.83. The summed E-state index contributed by atoms with van der Waals surface area (Å²) in [5.41, 5.74) is 8.72. The Morgan fingerprint density at radius 2 is 2.17 bits per heavy atom. The number of nitrogens with two attached hydrogens (primary N) is 1. The van der Waals surface area contributed by atoms with Gasteiger partial charge in [-0.15, -0.1) is 5.10 Å². The molecule has 3 N–H and O–H groups in total. The maximum atomic E-state index is 5.83. The van der Waals surface area contributed by atoms with Crippen molar-refractivity contribution in [1.82, 2.24) is 25.2 Å². The van der Waals surface area contributed by atoms with Crippen molar-refractivity contribution < 1.29 is 4.74 Å². The second-order valence-corrected chi connectivity index (χ2v) is 4.21. The Morgan fingerprint density at radius 3 is 2.78 bits per heavy atom. The molecule has 18 heavy (non-hydrogen) atoms. The Morgan fingerprint density at radius 1 is 1.50 bits per heavy atom. The van der Waals surface area contributed by atoms with Gasteiger partial charge in [-0.2, -0.15) is 9.67 Å². The van der Waals surface area contributed by atoms with Crippen molar-refractivity contribution >= 4 is 29.2 Å². The molecule has 0 aliphatic carbocycles. The zero-order valence-corrected chi connectivity index (χ0v) is 11.3. The van der Waals surface area contributed by atoms with Crippen molar-refractivity contribution in [2.45, 2.75) is 0 Å². The molecule has 0 radical (unpaired) electrons. The Bertz CT molecular complexity index is 429. The Balaban J connectivity index is 2.18. The maximum Gasteiger partial charge on any atom is 0.247 e. The largest absolute Gasteiger partial charge is 0.378 e. The number of hydrogen-bond donors (Lipinski definition) is 2. The predicted molar refractivity (Wildman–Crippen MR) is 72.3 cm³/mol. The quantitative estimate of drug-likeness (QED) is 0.518. The Labute approximate surface area is 111 Å². The van der Waals surface area contributed by atoms with Gasteiger partial charge in [0.2, 0.25) is 17.0 Å². The summed E-state index contributed by atoms with van der Waals surface area (Å²) < 4.78 is 6.72. The minimum atomic E-state index is 0.281. The molecule has 0 aromatic carbocycles. The first-order valence-corrected chi connectivity index (χ1v) is 6.05. The highest BCUT2D eigenvalue weighted by molar-refractivity contribution is 7.80. The van der Waals surface area contributed by atoms with Gasteiger partial charge in [-0.3, -0.25) is 5.01 Å². The number of anilines is 2. The lowest BCUT2D eigenvalue weighted by molar-refractivity contribution is 0.122. The average molecular weight is 271 g/mol. The van der Waals surface area contributed by atoms with Crippen LogP contribution in [0.15, 0.2) is 0 Å². The molecule has 0 atom stereocenters. The summed E-state index contributed by atoms with van der Waals surface area (Å²) in [5, 5.41) is 6.42. The molecular formula is C9H17N7OS. The summed E-state index contributed by atoms with van der Waals surface area (Å²) in [6.07, 6.45) is 0. The molecule has 1 aromatic rings. The number of ether oxygens (including phenoxy) is 1. The van der Waals surface area contributed by atoms with Crippen LogP contribution in [0.3, 0.4) is 0 Å². The molecule has 1 fully saturated rings. The zero-order chi connectivity index (χ0) is 13.1. The number of aromatic nitrogens is 3. The first-order chi connectivity index (χ1) is 8.63. The molecule has 0 bridgehead atoms. The van der Waals surface area contributed by atoms with Crippen LogP contribution in [0.1, 0.15) is 0 Å². The van der Waals surface area contributed by atoms with Crippen molar-refractivity contribution in [1.29, 1.82) is 0 Å². The average Bonchev–Trinajstić information content (AvgIpc) is 2.80. The van der Waals surface area contributed by atoms with Crippen LogP contribution in [0.5, 0.6) is 0 Å². The monoisotopic (exact) mass is 271 g/mol. The molecule has 0 unspecified atom stereocenters. The van der Waals surface area contributed by atoms with Gasteiger partial charge in [-0.05, 0) is 12.2 Å². The van der Waals surface area contributed by atoms with E-state index in [-0.39, 0.29) is 5.95 Å². The molecule has 1 saturated heterocycles. The number of thiocarbonyl (C=S) groups is 1. The van der Waals surface area contributed by atoms with E-state index in [1.165, 1.54) is 4.68 Å². The van der Waals surface area contributed by atoms with Crippen molar-refractivity contribution in [3.8, 4) is 0 Å². The normalized spacial score (nSPS) is 15.8. The molecule has 2 heterocycles. The molecular weight excluding hydrogens is 254 g/mol. The van der Waals surface area contributed by atoms with E-state index in [2.05, 4.69) is 15.5 Å². The second kappa shape index (κ2) is 5.46. The summed E-state index contributed by atoms with van der Waals surface area (Å²) in [4.78, 5) is 6.26. The summed E-state index contributed by atoms with van der Waals surface area (Å²) in [5.74, 6) is 0.867. The number of nitrogens with one attached hydrogen (secondary N) is 1. The van der Waals surface area contributed by atoms with E-state index in [1.807, 2.05) is 4.90 Å². The smallest absolute Gasteiger partial charge is 0.247 e. The molecule has 1 aliphatic heterocycles.